The maximum absolute atomic E-state index is 12.6. The van der Waals surface area contributed by atoms with Gasteiger partial charge in [0, 0.05) is 49.0 Å². The highest BCUT2D eigenvalue weighted by Crippen LogP contribution is 2.17. The van der Waals surface area contributed by atoms with E-state index in [1.165, 1.54) is 0 Å². The van der Waals surface area contributed by atoms with Crippen molar-refractivity contribution in [3.8, 4) is 0 Å². The number of benzene rings is 1. The van der Waals surface area contributed by atoms with Crippen LogP contribution in [-0.2, 0) is 0 Å². The van der Waals surface area contributed by atoms with Crippen molar-refractivity contribution in [1.82, 2.24) is 14.8 Å². The molecule has 0 saturated carbocycles. The zero-order valence-corrected chi connectivity index (χ0v) is 14.3. The van der Waals surface area contributed by atoms with Crippen LogP contribution in [0.5, 0.6) is 0 Å². The minimum absolute atomic E-state index is 0.0242. The van der Waals surface area contributed by atoms with Crippen molar-refractivity contribution in [2.75, 3.05) is 32.4 Å². The van der Waals surface area contributed by atoms with Crippen molar-refractivity contribution in [3.05, 3.63) is 59.9 Å². The first-order valence-electron chi connectivity index (χ1n) is 7.81. The summed E-state index contributed by atoms with van der Waals surface area (Å²) < 4.78 is 0. The van der Waals surface area contributed by atoms with Gasteiger partial charge in [-0.2, -0.15) is 0 Å². The summed E-state index contributed by atoms with van der Waals surface area (Å²) in [5, 5.41) is 0. The first-order chi connectivity index (χ1) is 11.7. The lowest BCUT2D eigenvalue weighted by Gasteiger charge is -2.34. The Labute approximate surface area is 145 Å². The van der Waals surface area contributed by atoms with Crippen LogP contribution < -0.4 is 0 Å². The molecular formula is C18H19N3O2S. The molecule has 1 aliphatic heterocycles. The topological polar surface area (TPSA) is 53.5 Å². The molecule has 2 amide bonds. The summed E-state index contributed by atoms with van der Waals surface area (Å²) in [4.78, 5) is 33.7. The Kier molecular flexibility index (Phi) is 5.15. The molecule has 6 heteroatoms. The molecular weight excluding hydrogens is 322 g/mol. The van der Waals surface area contributed by atoms with E-state index >= 15 is 0 Å². The van der Waals surface area contributed by atoms with Crippen molar-refractivity contribution < 1.29 is 9.59 Å². The van der Waals surface area contributed by atoms with Gasteiger partial charge >= 0.3 is 0 Å². The number of carbonyl (C=O) groups excluding carboxylic acids is 2. The van der Waals surface area contributed by atoms with Gasteiger partial charge in [0.05, 0.1) is 5.56 Å². The second-order valence-corrected chi connectivity index (χ2v) is 6.43. The van der Waals surface area contributed by atoms with E-state index in [4.69, 9.17) is 0 Å². The first kappa shape index (κ1) is 16.5. The molecule has 1 saturated heterocycles. The summed E-state index contributed by atoms with van der Waals surface area (Å²) in [5.74, 6) is -0.00403. The van der Waals surface area contributed by atoms with Gasteiger partial charge in [-0.15, -0.1) is 11.8 Å². The van der Waals surface area contributed by atoms with E-state index in [0.717, 1.165) is 4.90 Å². The van der Waals surface area contributed by atoms with Crippen LogP contribution in [-0.4, -0.2) is 59.0 Å². The monoisotopic (exact) mass is 341 g/mol. The van der Waals surface area contributed by atoms with Gasteiger partial charge in [0.15, 0.2) is 0 Å². The minimum atomic E-state index is -0.0282. The van der Waals surface area contributed by atoms with E-state index in [9.17, 15) is 9.59 Å². The number of aromatic nitrogens is 1. The molecule has 124 valence electrons. The van der Waals surface area contributed by atoms with Crippen molar-refractivity contribution in [2.45, 2.75) is 4.90 Å². The number of amides is 2. The number of pyridine rings is 1. The van der Waals surface area contributed by atoms with Gasteiger partial charge in [-0.25, -0.2) is 0 Å². The zero-order chi connectivity index (χ0) is 16.9. The molecule has 24 heavy (non-hydrogen) atoms. The zero-order valence-electron chi connectivity index (χ0n) is 13.5. The molecule has 0 N–H and O–H groups in total. The molecule has 3 rings (SSSR count). The van der Waals surface area contributed by atoms with Crippen LogP contribution in [0.3, 0.4) is 0 Å². The number of thioether (sulfide) groups is 1. The van der Waals surface area contributed by atoms with Crippen LogP contribution in [0, 0.1) is 0 Å². The number of nitrogens with zero attached hydrogens (tertiary/aromatic N) is 3. The second-order valence-electron chi connectivity index (χ2n) is 5.55. The third kappa shape index (κ3) is 3.59. The van der Waals surface area contributed by atoms with E-state index in [-0.39, 0.29) is 11.8 Å². The van der Waals surface area contributed by atoms with Crippen LogP contribution in [0.2, 0.25) is 0 Å². The van der Waals surface area contributed by atoms with E-state index in [2.05, 4.69) is 4.98 Å². The van der Waals surface area contributed by atoms with Gasteiger partial charge in [-0.3, -0.25) is 14.6 Å². The molecule has 1 fully saturated rings. The lowest BCUT2D eigenvalue weighted by Crippen LogP contribution is -2.50. The predicted octanol–water partition coefficient (Wildman–Crippen LogP) is 2.40. The van der Waals surface area contributed by atoms with Crippen LogP contribution in [0.4, 0.5) is 0 Å². The number of piperazine rings is 1. The highest BCUT2D eigenvalue weighted by molar-refractivity contribution is 7.98. The van der Waals surface area contributed by atoms with Crippen molar-refractivity contribution in [2.24, 2.45) is 0 Å². The Morgan fingerprint density at radius 3 is 2.00 bits per heavy atom. The normalized spacial score (nSPS) is 14.5. The highest BCUT2D eigenvalue weighted by atomic mass is 32.2. The lowest BCUT2D eigenvalue weighted by atomic mass is 10.1. The molecule has 0 radical (unpaired) electrons. The molecule has 1 aromatic heterocycles. The molecule has 0 spiro atoms. The van der Waals surface area contributed by atoms with Crippen LogP contribution in [0.25, 0.3) is 0 Å². The van der Waals surface area contributed by atoms with Gasteiger partial charge in [0.25, 0.3) is 11.8 Å². The third-order valence-electron chi connectivity index (χ3n) is 4.10. The summed E-state index contributed by atoms with van der Waals surface area (Å²) in [7, 11) is 0. The van der Waals surface area contributed by atoms with Gasteiger partial charge in [0.2, 0.25) is 0 Å². The summed E-state index contributed by atoms with van der Waals surface area (Å²) in [6.45, 7) is 2.19. The minimum Gasteiger partial charge on any atom is -0.335 e. The SMILES string of the molecule is CSc1ccc(C(=O)N2CCN(C(=O)c3cccnc3)CC2)cc1. The lowest BCUT2D eigenvalue weighted by molar-refractivity contribution is 0.0535. The molecule has 0 unspecified atom stereocenters. The highest BCUT2D eigenvalue weighted by Gasteiger charge is 2.25. The number of hydrogen-bond donors (Lipinski definition) is 0. The average molecular weight is 341 g/mol. The second kappa shape index (κ2) is 7.49. The maximum Gasteiger partial charge on any atom is 0.255 e. The molecule has 2 heterocycles. The number of hydrogen-bond acceptors (Lipinski definition) is 4. The Morgan fingerprint density at radius 2 is 1.50 bits per heavy atom. The Morgan fingerprint density at radius 1 is 0.917 bits per heavy atom. The molecule has 0 atom stereocenters. The van der Waals surface area contributed by atoms with E-state index in [1.54, 1.807) is 46.1 Å². The number of rotatable bonds is 3. The van der Waals surface area contributed by atoms with Gasteiger partial charge < -0.3 is 9.80 Å². The fourth-order valence-corrected chi connectivity index (χ4v) is 3.11. The van der Waals surface area contributed by atoms with E-state index < -0.39 is 0 Å². The van der Waals surface area contributed by atoms with E-state index in [0.29, 0.717) is 37.3 Å². The molecule has 2 aromatic rings. The first-order valence-corrected chi connectivity index (χ1v) is 9.04. The summed E-state index contributed by atoms with van der Waals surface area (Å²) >= 11 is 1.65. The standard InChI is InChI=1S/C18H19N3O2S/c1-24-16-6-4-14(5-7-16)17(22)20-9-11-21(12-10-20)18(23)15-3-2-8-19-13-15/h2-8,13H,9-12H2,1H3. The fraction of sp³-hybridized carbons (Fsp3) is 0.278. The van der Waals surface area contributed by atoms with Crippen LogP contribution >= 0.6 is 11.8 Å². The van der Waals surface area contributed by atoms with Gasteiger partial charge in [-0.05, 0) is 42.7 Å². The molecule has 5 nitrogen and oxygen atoms in total. The van der Waals surface area contributed by atoms with Crippen LogP contribution in [0.15, 0.2) is 53.7 Å². The summed E-state index contributed by atoms with van der Waals surface area (Å²) in [6, 6.07) is 11.2. The Hall–Kier alpha value is -2.34. The molecule has 1 aromatic carbocycles. The Balaban J connectivity index is 1.60. The largest absolute Gasteiger partial charge is 0.335 e. The van der Waals surface area contributed by atoms with E-state index in [1.807, 2.05) is 30.5 Å². The fourth-order valence-electron chi connectivity index (χ4n) is 2.70. The molecule has 1 aliphatic rings. The quantitative estimate of drug-likeness (QED) is 0.805. The predicted molar refractivity (Wildman–Crippen MR) is 94.3 cm³/mol. The molecule has 0 aliphatic carbocycles. The summed E-state index contributed by atoms with van der Waals surface area (Å²) in [5.41, 5.74) is 1.28. The van der Waals surface area contributed by atoms with Gasteiger partial charge in [-0.1, -0.05) is 0 Å². The number of carbonyl (C=O) groups is 2. The smallest absolute Gasteiger partial charge is 0.255 e. The average Bonchev–Trinajstić information content (AvgIpc) is 2.68. The van der Waals surface area contributed by atoms with Gasteiger partial charge in [0.1, 0.15) is 0 Å². The third-order valence-corrected chi connectivity index (χ3v) is 4.84. The summed E-state index contributed by atoms with van der Waals surface area (Å²) in [6.07, 6.45) is 5.23. The van der Waals surface area contributed by atoms with Crippen molar-refractivity contribution >= 4 is 23.6 Å². The van der Waals surface area contributed by atoms with Crippen molar-refractivity contribution in [3.63, 3.8) is 0 Å². The van der Waals surface area contributed by atoms with Crippen LogP contribution in [0.1, 0.15) is 20.7 Å². The maximum atomic E-state index is 12.6. The molecule has 0 bridgehead atoms. The van der Waals surface area contributed by atoms with Crippen molar-refractivity contribution in [1.29, 1.82) is 0 Å². The Bertz CT molecular complexity index is 711.